The van der Waals surface area contributed by atoms with E-state index in [9.17, 15) is 17.6 Å². The second-order valence-electron chi connectivity index (χ2n) is 7.99. The summed E-state index contributed by atoms with van der Waals surface area (Å²) in [5.74, 6) is -4.86. The Morgan fingerprint density at radius 2 is 1.50 bits per heavy atom. The van der Waals surface area contributed by atoms with E-state index in [0.29, 0.717) is 5.92 Å². The van der Waals surface area contributed by atoms with Gasteiger partial charge in [-0.05, 0) is 60.4 Å². The predicted molar refractivity (Wildman–Crippen MR) is 112 cm³/mol. The molecule has 0 amide bonds. The van der Waals surface area contributed by atoms with Gasteiger partial charge in [0.1, 0.15) is 5.40 Å². The van der Waals surface area contributed by atoms with E-state index in [2.05, 4.69) is 6.92 Å². The number of hydrogen-bond donors (Lipinski definition) is 0. The highest BCUT2D eigenvalue weighted by atomic mass is 32.2. The zero-order valence-corrected chi connectivity index (χ0v) is 17.8. The molecular formula is C24H25F4NS. The SMILES string of the molecule is CCCCCC1CCC(c2ccc(-c3c(F)c(F)c(SC#N)c(F)c3F)cc2)CC1. The van der Waals surface area contributed by atoms with E-state index in [4.69, 9.17) is 5.26 Å². The summed E-state index contributed by atoms with van der Waals surface area (Å²) >= 11 is 0.0636. The third kappa shape index (κ3) is 4.83. The van der Waals surface area contributed by atoms with E-state index in [1.807, 2.05) is 0 Å². The lowest BCUT2D eigenvalue weighted by Crippen LogP contribution is -2.13. The summed E-state index contributed by atoms with van der Waals surface area (Å²) in [5.41, 5.74) is 0.427. The fourth-order valence-electron chi connectivity index (χ4n) is 4.39. The highest BCUT2D eigenvalue weighted by Gasteiger charge is 2.27. The van der Waals surface area contributed by atoms with Crippen molar-refractivity contribution in [1.29, 1.82) is 5.26 Å². The van der Waals surface area contributed by atoms with Crippen molar-refractivity contribution in [1.82, 2.24) is 0 Å². The molecule has 1 nitrogen and oxygen atoms in total. The quantitative estimate of drug-likeness (QED) is 0.143. The second-order valence-corrected chi connectivity index (χ2v) is 8.78. The summed E-state index contributed by atoms with van der Waals surface area (Å²) in [7, 11) is 0. The Bertz CT molecular complexity index is 883. The zero-order chi connectivity index (χ0) is 21.7. The lowest BCUT2D eigenvalue weighted by Gasteiger charge is -2.29. The first kappa shape index (κ1) is 22.7. The van der Waals surface area contributed by atoms with Crippen LogP contribution in [0.25, 0.3) is 11.1 Å². The van der Waals surface area contributed by atoms with Crippen molar-refractivity contribution in [3.63, 3.8) is 0 Å². The van der Waals surface area contributed by atoms with Crippen LogP contribution in [0.5, 0.6) is 0 Å². The van der Waals surface area contributed by atoms with Crippen LogP contribution >= 0.6 is 11.8 Å². The Kier molecular flexibility index (Phi) is 7.82. The molecule has 1 saturated carbocycles. The van der Waals surface area contributed by atoms with Crippen LogP contribution in [0.2, 0.25) is 0 Å². The molecular weight excluding hydrogens is 410 g/mol. The maximum Gasteiger partial charge on any atom is 0.177 e. The maximum absolute atomic E-state index is 14.4. The van der Waals surface area contributed by atoms with Gasteiger partial charge < -0.3 is 0 Å². The van der Waals surface area contributed by atoms with E-state index in [1.165, 1.54) is 56.1 Å². The lowest BCUT2D eigenvalue weighted by atomic mass is 9.77. The number of nitriles is 1. The average molecular weight is 436 g/mol. The number of halogens is 4. The van der Waals surface area contributed by atoms with Gasteiger partial charge in [0, 0.05) is 0 Å². The molecule has 1 aliphatic carbocycles. The minimum absolute atomic E-state index is 0.0636. The molecule has 0 unspecified atom stereocenters. The molecule has 30 heavy (non-hydrogen) atoms. The standard InChI is InChI=1S/C24H25F4NS/c1-2-3-4-5-15-6-8-16(9-7-15)17-10-12-18(13-11-17)19-20(25)22(27)24(30-14-29)23(28)21(19)26/h10-13,15-16H,2-9H2,1H3. The van der Waals surface area contributed by atoms with Gasteiger partial charge in [0.25, 0.3) is 0 Å². The van der Waals surface area contributed by atoms with Crippen LogP contribution < -0.4 is 0 Å². The van der Waals surface area contributed by atoms with Gasteiger partial charge in [-0.3, -0.25) is 0 Å². The summed E-state index contributed by atoms with van der Waals surface area (Å²) < 4.78 is 57.1. The third-order valence-electron chi connectivity index (χ3n) is 6.10. The molecule has 0 saturated heterocycles. The van der Waals surface area contributed by atoms with Crippen molar-refractivity contribution in [2.45, 2.75) is 69.1 Å². The van der Waals surface area contributed by atoms with Crippen molar-refractivity contribution < 1.29 is 17.6 Å². The Balaban J connectivity index is 1.75. The Hall–Kier alpha value is -2.00. The number of unbranched alkanes of at least 4 members (excludes halogenated alkanes) is 2. The first-order chi connectivity index (χ1) is 14.5. The highest BCUT2D eigenvalue weighted by molar-refractivity contribution is 8.03. The normalized spacial score (nSPS) is 18.9. The second kappa shape index (κ2) is 10.3. The van der Waals surface area contributed by atoms with Gasteiger partial charge in [-0.15, -0.1) is 0 Å². The molecule has 3 rings (SSSR count). The van der Waals surface area contributed by atoms with E-state index in [0.717, 1.165) is 24.3 Å². The molecule has 0 aromatic heterocycles. The van der Waals surface area contributed by atoms with Crippen LogP contribution in [-0.4, -0.2) is 0 Å². The molecule has 1 aliphatic rings. The van der Waals surface area contributed by atoms with Crippen LogP contribution in [0, 0.1) is 39.8 Å². The molecule has 0 spiro atoms. The number of nitrogens with zero attached hydrogens (tertiary/aromatic N) is 1. The summed E-state index contributed by atoms with van der Waals surface area (Å²) in [6.45, 7) is 2.21. The van der Waals surface area contributed by atoms with Gasteiger partial charge in [0.05, 0.1) is 10.5 Å². The summed E-state index contributed by atoms with van der Waals surface area (Å²) in [5, 5.41) is 10.0. The number of benzene rings is 2. The lowest BCUT2D eigenvalue weighted by molar-refractivity contribution is 0.303. The van der Waals surface area contributed by atoms with Crippen LogP contribution in [0.1, 0.15) is 69.8 Å². The van der Waals surface area contributed by atoms with E-state index in [1.54, 1.807) is 12.1 Å². The summed E-state index contributed by atoms with van der Waals surface area (Å²) in [4.78, 5) is -0.955. The van der Waals surface area contributed by atoms with Gasteiger partial charge in [0.15, 0.2) is 23.3 Å². The van der Waals surface area contributed by atoms with Crippen molar-refractivity contribution in [2.75, 3.05) is 0 Å². The van der Waals surface area contributed by atoms with Gasteiger partial charge in [0.2, 0.25) is 0 Å². The average Bonchev–Trinajstić information content (AvgIpc) is 2.77. The first-order valence-electron chi connectivity index (χ1n) is 10.5. The zero-order valence-electron chi connectivity index (χ0n) is 17.0. The smallest absolute Gasteiger partial charge is 0.177 e. The number of rotatable bonds is 7. The van der Waals surface area contributed by atoms with Crippen LogP contribution in [0.3, 0.4) is 0 Å². The Morgan fingerprint density at radius 1 is 0.900 bits per heavy atom. The summed E-state index contributed by atoms with van der Waals surface area (Å²) in [6, 6.07) is 6.62. The molecule has 0 radical (unpaired) electrons. The first-order valence-corrected chi connectivity index (χ1v) is 11.3. The number of thioether (sulfide) groups is 1. The Labute approximate surface area is 179 Å². The molecule has 0 bridgehead atoms. The Morgan fingerprint density at radius 3 is 2.03 bits per heavy atom. The largest absolute Gasteiger partial charge is 0.203 e. The van der Waals surface area contributed by atoms with E-state index < -0.39 is 33.7 Å². The molecule has 6 heteroatoms. The molecule has 0 heterocycles. The van der Waals surface area contributed by atoms with Crippen molar-refractivity contribution in [3.8, 4) is 16.5 Å². The number of thiocyanates is 1. The number of hydrogen-bond acceptors (Lipinski definition) is 2. The molecule has 160 valence electrons. The minimum Gasteiger partial charge on any atom is -0.203 e. The molecule has 2 aromatic carbocycles. The van der Waals surface area contributed by atoms with Gasteiger partial charge in [-0.2, -0.15) is 5.26 Å². The fourth-order valence-corrected chi connectivity index (χ4v) is 4.84. The summed E-state index contributed by atoms with van der Waals surface area (Å²) in [6.07, 6.45) is 9.64. The maximum atomic E-state index is 14.4. The molecule has 2 aromatic rings. The fraction of sp³-hybridized carbons (Fsp3) is 0.458. The molecule has 0 N–H and O–H groups in total. The van der Waals surface area contributed by atoms with Gasteiger partial charge in [-0.25, -0.2) is 17.6 Å². The van der Waals surface area contributed by atoms with E-state index in [-0.39, 0.29) is 17.3 Å². The molecule has 0 aliphatic heterocycles. The minimum atomic E-state index is -1.54. The van der Waals surface area contributed by atoms with Crippen LogP contribution in [0.15, 0.2) is 29.2 Å². The van der Waals surface area contributed by atoms with Gasteiger partial charge >= 0.3 is 0 Å². The monoisotopic (exact) mass is 435 g/mol. The van der Waals surface area contributed by atoms with Crippen molar-refractivity contribution in [3.05, 3.63) is 53.1 Å². The molecule has 1 fully saturated rings. The van der Waals surface area contributed by atoms with E-state index >= 15 is 0 Å². The van der Waals surface area contributed by atoms with Crippen molar-refractivity contribution >= 4 is 11.8 Å². The van der Waals surface area contributed by atoms with Gasteiger partial charge in [-0.1, -0.05) is 56.9 Å². The van der Waals surface area contributed by atoms with Crippen LogP contribution in [0.4, 0.5) is 17.6 Å². The topological polar surface area (TPSA) is 23.8 Å². The molecule has 0 atom stereocenters. The predicted octanol–water partition coefficient (Wildman–Crippen LogP) is 8.34. The highest BCUT2D eigenvalue weighted by Crippen LogP contribution is 2.40. The third-order valence-corrected chi connectivity index (χ3v) is 6.76. The van der Waals surface area contributed by atoms with Crippen molar-refractivity contribution in [2.24, 2.45) is 5.92 Å². The van der Waals surface area contributed by atoms with Crippen LogP contribution in [-0.2, 0) is 0 Å².